The zero-order valence-corrected chi connectivity index (χ0v) is 15.9. The van der Waals surface area contributed by atoms with Gasteiger partial charge in [-0.05, 0) is 67.1 Å². The van der Waals surface area contributed by atoms with Crippen molar-refractivity contribution in [2.75, 3.05) is 4.72 Å². The second kappa shape index (κ2) is 6.75. The van der Waals surface area contributed by atoms with Crippen LogP contribution in [-0.2, 0) is 10.0 Å². The number of fused-ring (bicyclic) bond motifs is 1. The van der Waals surface area contributed by atoms with E-state index < -0.39 is 15.8 Å². The monoisotopic (exact) mass is 398 g/mol. The van der Waals surface area contributed by atoms with Crippen molar-refractivity contribution in [2.45, 2.75) is 11.8 Å². The summed E-state index contributed by atoms with van der Waals surface area (Å²) in [5, 5.41) is 0.882. The fraction of sp³-hybridized carbons (Fsp3) is 0.0500. The van der Waals surface area contributed by atoms with Crippen LogP contribution in [0.5, 0.6) is 0 Å². The summed E-state index contributed by atoms with van der Waals surface area (Å²) >= 11 is 1.59. The van der Waals surface area contributed by atoms with E-state index in [4.69, 9.17) is 0 Å². The first-order valence-electron chi connectivity index (χ1n) is 8.17. The van der Waals surface area contributed by atoms with Gasteiger partial charge in [-0.25, -0.2) is 17.8 Å². The zero-order chi connectivity index (χ0) is 19.0. The molecule has 4 rings (SSSR count). The molecular weight excluding hydrogens is 383 g/mol. The second-order valence-corrected chi connectivity index (χ2v) is 8.79. The van der Waals surface area contributed by atoms with Crippen LogP contribution in [0.2, 0.25) is 0 Å². The molecule has 0 bridgehead atoms. The smallest absolute Gasteiger partial charge is 0.261 e. The van der Waals surface area contributed by atoms with Crippen molar-refractivity contribution in [3.8, 4) is 10.6 Å². The Morgan fingerprint density at radius 3 is 2.44 bits per heavy atom. The number of benzene rings is 3. The summed E-state index contributed by atoms with van der Waals surface area (Å²) in [5.41, 5.74) is 3.12. The molecule has 0 atom stereocenters. The van der Waals surface area contributed by atoms with Crippen molar-refractivity contribution in [3.63, 3.8) is 0 Å². The largest absolute Gasteiger partial charge is 0.279 e. The number of halogens is 1. The minimum Gasteiger partial charge on any atom is -0.279 e. The Bertz CT molecular complexity index is 1200. The molecule has 1 N–H and O–H groups in total. The highest BCUT2D eigenvalue weighted by atomic mass is 32.2. The number of aromatic nitrogens is 1. The first kappa shape index (κ1) is 17.6. The van der Waals surface area contributed by atoms with Gasteiger partial charge in [0.05, 0.1) is 20.8 Å². The Labute approximate surface area is 160 Å². The third-order valence-corrected chi connectivity index (χ3v) is 6.60. The molecule has 0 aliphatic heterocycles. The van der Waals surface area contributed by atoms with Crippen molar-refractivity contribution in [1.29, 1.82) is 0 Å². The van der Waals surface area contributed by atoms with Gasteiger partial charge in [0.25, 0.3) is 10.0 Å². The van der Waals surface area contributed by atoms with E-state index in [0.717, 1.165) is 38.5 Å². The Morgan fingerprint density at radius 1 is 1.00 bits per heavy atom. The molecule has 0 aliphatic carbocycles. The molecule has 0 aliphatic rings. The van der Waals surface area contributed by atoms with Crippen molar-refractivity contribution in [2.24, 2.45) is 0 Å². The summed E-state index contributed by atoms with van der Waals surface area (Å²) in [4.78, 5) is 4.64. The van der Waals surface area contributed by atoms with Crippen molar-refractivity contribution >= 4 is 37.3 Å². The van der Waals surface area contributed by atoms with Crippen LogP contribution in [0.1, 0.15) is 5.56 Å². The van der Waals surface area contributed by atoms with Gasteiger partial charge < -0.3 is 0 Å². The Balaban J connectivity index is 1.64. The van der Waals surface area contributed by atoms with Gasteiger partial charge in [0.2, 0.25) is 0 Å². The number of nitrogens with zero attached hydrogens (tertiary/aromatic N) is 1. The lowest BCUT2D eigenvalue weighted by atomic mass is 10.1. The lowest BCUT2D eigenvalue weighted by Gasteiger charge is -2.11. The van der Waals surface area contributed by atoms with Crippen molar-refractivity contribution < 1.29 is 12.8 Å². The standard InChI is InChI=1S/C20H15FN2O2S2/c1-13-12-14(20-22-18-4-2-3-5-19(18)26-20)6-11-17(13)23-27(24,25)16-9-7-15(21)8-10-16/h2-12,23H,1H3. The number of para-hydroxylation sites is 1. The van der Waals surface area contributed by atoms with Crippen molar-refractivity contribution in [3.05, 3.63) is 78.1 Å². The molecule has 0 saturated heterocycles. The molecule has 3 aromatic carbocycles. The van der Waals surface area contributed by atoms with E-state index >= 15 is 0 Å². The maximum atomic E-state index is 13.0. The molecule has 0 spiro atoms. The predicted octanol–water partition coefficient (Wildman–Crippen LogP) is 5.21. The van der Waals surface area contributed by atoms with Crippen LogP contribution >= 0.6 is 11.3 Å². The van der Waals surface area contributed by atoms with Crippen LogP contribution in [0, 0.1) is 12.7 Å². The number of thiazole rings is 1. The first-order valence-corrected chi connectivity index (χ1v) is 10.5. The van der Waals surface area contributed by atoms with E-state index in [-0.39, 0.29) is 4.90 Å². The van der Waals surface area contributed by atoms with E-state index in [2.05, 4.69) is 9.71 Å². The number of rotatable bonds is 4. The van der Waals surface area contributed by atoms with Gasteiger partial charge in [0.15, 0.2) is 0 Å². The molecule has 4 aromatic rings. The molecule has 0 amide bonds. The summed E-state index contributed by atoms with van der Waals surface area (Å²) in [6, 6.07) is 18.1. The molecular formula is C20H15FN2O2S2. The second-order valence-electron chi connectivity index (χ2n) is 6.08. The van der Waals surface area contributed by atoms with Crippen LogP contribution in [0.15, 0.2) is 71.6 Å². The zero-order valence-electron chi connectivity index (χ0n) is 14.3. The van der Waals surface area contributed by atoms with Crippen LogP contribution in [-0.4, -0.2) is 13.4 Å². The predicted molar refractivity (Wildman–Crippen MR) is 107 cm³/mol. The van der Waals surface area contributed by atoms with Crippen LogP contribution in [0.4, 0.5) is 10.1 Å². The van der Waals surface area contributed by atoms with Crippen LogP contribution in [0.3, 0.4) is 0 Å². The van der Waals surface area contributed by atoms with Gasteiger partial charge >= 0.3 is 0 Å². The Morgan fingerprint density at radius 2 is 1.74 bits per heavy atom. The minimum absolute atomic E-state index is 0.0125. The van der Waals surface area contributed by atoms with E-state index in [0.29, 0.717) is 5.69 Å². The number of sulfonamides is 1. The van der Waals surface area contributed by atoms with Gasteiger partial charge in [-0.15, -0.1) is 11.3 Å². The summed E-state index contributed by atoms with van der Waals surface area (Å²) in [5.74, 6) is -0.481. The molecule has 136 valence electrons. The average Bonchev–Trinajstić information content (AvgIpc) is 3.08. The highest BCUT2D eigenvalue weighted by Crippen LogP contribution is 2.32. The fourth-order valence-corrected chi connectivity index (χ4v) is 4.82. The highest BCUT2D eigenvalue weighted by molar-refractivity contribution is 7.92. The molecule has 0 unspecified atom stereocenters. The maximum Gasteiger partial charge on any atom is 0.261 e. The molecule has 7 heteroatoms. The molecule has 27 heavy (non-hydrogen) atoms. The number of nitrogens with one attached hydrogen (secondary N) is 1. The number of aryl methyl sites for hydroxylation is 1. The number of anilines is 1. The third kappa shape index (κ3) is 3.56. The van der Waals surface area contributed by atoms with Gasteiger partial charge in [-0.1, -0.05) is 12.1 Å². The van der Waals surface area contributed by atoms with Gasteiger partial charge in [-0.3, -0.25) is 4.72 Å². The Hall–Kier alpha value is -2.77. The molecule has 0 saturated carbocycles. The van der Waals surface area contributed by atoms with Gasteiger partial charge in [0.1, 0.15) is 10.8 Å². The topological polar surface area (TPSA) is 59.1 Å². The van der Waals surface area contributed by atoms with E-state index in [9.17, 15) is 12.8 Å². The van der Waals surface area contributed by atoms with Crippen molar-refractivity contribution in [1.82, 2.24) is 4.98 Å². The number of hydrogen-bond donors (Lipinski definition) is 1. The van der Waals surface area contributed by atoms with Gasteiger partial charge in [-0.2, -0.15) is 0 Å². The minimum atomic E-state index is -3.78. The first-order chi connectivity index (χ1) is 12.9. The Kier molecular flexibility index (Phi) is 4.41. The average molecular weight is 398 g/mol. The number of hydrogen-bond acceptors (Lipinski definition) is 4. The highest BCUT2D eigenvalue weighted by Gasteiger charge is 2.16. The summed E-state index contributed by atoms with van der Waals surface area (Å²) in [6.07, 6.45) is 0. The quantitative estimate of drug-likeness (QED) is 0.513. The molecule has 0 radical (unpaired) electrons. The van der Waals surface area contributed by atoms with E-state index in [1.165, 1.54) is 12.1 Å². The normalized spacial score (nSPS) is 11.6. The SMILES string of the molecule is Cc1cc(-c2nc3ccccc3s2)ccc1NS(=O)(=O)c1ccc(F)cc1. The van der Waals surface area contributed by atoms with Crippen LogP contribution < -0.4 is 4.72 Å². The maximum absolute atomic E-state index is 13.0. The summed E-state index contributed by atoms with van der Waals surface area (Å²) in [6.45, 7) is 1.83. The van der Waals surface area contributed by atoms with Gasteiger partial charge in [0, 0.05) is 5.56 Å². The molecule has 1 aromatic heterocycles. The summed E-state index contributed by atoms with van der Waals surface area (Å²) < 4.78 is 41.7. The fourth-order valence-electron chi connectivity index (χ4n) is 2.72. The third-order valence-electron chi connectivity index (χ3n) is 4.14. The van der Waals surface area contributed by atoms with Crippen LogP contribution in [0.25, 0.3) is 20.8 Å². The van der Waals surface area contributed by atoms with E-state index in [1.807, 2.05) is 43.3 Å². The van der Waals surface area contributed by atoms with E-state index in [1.54, 1.807) is 17.4 Å². The molecule has 0 fully saturated rings. The molecule has 1 heterocycles. The molecule has 4 nitrogen and oxygen atoms in total. The lowest BCUT2D eigenvalue weighted by Crippen LogP contribution is -2.13. The summed E-state index contributed by atoms with van der Waals surface area (Å²) in [7, 11) is -3.78. The lowest BCUT2D eigenvalue weighted by molar-refractivity contribution is 0.599.